The Morgan fingerprint density at radius 1 is 0.870 bits per heavy atom. The Hall–Kier alpha value is -2.37. The third kappa shape index (κ3) is 4.81. The van der Waals surface area contributed by atoms with Crippen LogP contribution in [0.15, 0.2) is 18.2 Å². The summed E-state index contributed by atoms with van der Waals surface area (Å²) in [4.78, 5) is 39.5. The molecule has 0 aliphatic heterocycles. The Labute approximate surface area is 137 Å². The highest BCUT2D eigenvalue weighted by Gasteiger charge is 2.19. The van der Waals surface area contributed by atoms with Crippen molar-refractivity contribution in [3.63, 3.8) is 0 Å². The van der Waals surface area contributed by atoms with E-state index in [-0.39, 0.29) is 22.9 Å². The van der Waals surface area contributed by atoms with Gasteiger partial charge in [-0.2, -0.15) is 0 Å². The molecule has 0 heterocycles. The normalized spacial score (nSPS) is 10.3. The number of hydrogen-bond donors (Lipinski definition) is 1. The summed E-state index contributed by atoms with van der Waals surface area (Å²) in [6.07, 6.45) is 1.68. The van der Waals surface area contributed by atoms with E-state index >= 15 is 0 Å². The van der Waals surface area contributed by atoms with Crippen molar-refractivity contribution in [2.45, 2.75) is 26.7 Å². The summed E-state index contributed by atoms with van der Waals surface area (Å²) in [5, 5.41) is 0. The van der Waals surface area contributed by atoms with Gasteiger partial charge in [-0.25, -0.2) is 0 Å². The first kappa shape index (κ1) is 18.7. The molecule has 3 amide bonds. The van der Waals surface area contributed by atoms with Gasteiger partial charge in [0.1, 0.15) is 0 Å². The van der Waals surface area contributed by atoms with Crippen LogP contribution < -0.4 is 5.73 Å². The van der Waals surface area contributed by atoms with Gasteiger partial charge in [0.2, 0.25) is 5.91 Å². The number of carbonyl (C=O) groups is 3. The second-order valence-electron chi connectivity index (χ2n) is 5.66. The Morgan fingerprint density at radius 2 is 1.30 bits per heavy atom. The number of benzene rings is 1. The zero-order chi connectivity index (χ0) is 17.6. The van der Waals surface area contributed by atoms with Crippen molar-refractivity contribution >= 4 is 17.7 Å². The smallest absolute Gasteiger partial charge is 0.253 e. The molecular weight excluding hydrogens is 294 g/mol. The van der Waals surface area contributed by atoms with E-state index < -0.39 is 5.91 Å². The Balaban J connectivity index is 3.30. The highest BCUT2D eigenvalue weighted by molar-refractivity contribution is 6.04. The van der Waals surface area contributed by atoms with Gasteiger partial charge in [0.15, 0.2) is 0 Å². The molecule has 0 bridgehead atoms. The van der Waals surface area contributed by atoms with Crippen LogP contribution in [-0.2, 0) is 0 Å². The van der Waals surface area contributed by atoms with Crippen LogP contribution in [0.4, 0.5) is 0 Å². The van der Waals surface area contributed by atoms with Crippen LogP contribution in [0, 0.1) is 0 Å². The summed E-state index contributed by atoms with van der Waals surface area (Å²) in [6.45, 7) is 5.25. The second kappa shape index (κ2) is 8.31. The zero-order valence-electron chi connectivity index (χ0n) is 14.3. The van der Waals surface area contributed by atoms with Crippen molar-refractivity contribution in [1.29, 1.82) is 0 Å². The predicted octanol–water partition coefficient (Wildman–Crippen LogP) is 1.75. The lowest BCUT2D eigenvalue weighted by atomic mass is 10.0. The van der Waals surface area contributed by atoms with Crippen molar-refractivity contribution in [3.8, 4) is 0 Å². The summed E-state index contributed by atoms with van der Waals surface area (Å²) >= 11 is 0. The molecule has 2 N–H and O–H groups in total. The lowest BCUT2D eigenvalue weighted by Crippen LogP contribution is -2.33. The molecule has 1 aromatic rings. The molecule has 0 radical (unpaired) electrons. The molecule has 1 rings (SSSR count). The third-order valence-corrected chi connectivity index (χ3v) is 3.39. The van der Waals surface area contributed by atoms with E-state index in [0.717, 1.165) is 12.8 Å². The fraction of sp³-hybridized carbons (Fsp3) is 0.471. The van der Waals surface area contributed by atoms with Gasteiger partial charge < -0.3 is 15.5 Å². The molecule has 6 nitrogen and oxygen atoms in total. The van der Waals surface area contributed by atoms with Gasteiger partial charge in [-0.3, -0.25) is 14.4 Å². The molecule has 126 valence electrons. The highest BCUT2D eigenvalue weighted by Crippen LogP contribution is 2.15. The first-order valence-corrected chi connectivity index (χ1v) is 7.77. The summed E-state index contributed by atoms with van der Waals surface area (Å²) in [5.74, 6) is -1.13. The Kier molecular flexibility index (Phi) is 6.75. The molecule has 0 unspecified atom stereocenters. The van der Waals surface area contributed by atoms with E-state index in [0.29, 0.717) is 18.7 Å². The van der Waals surface area contributed by atoms with Crippen LogP contribution >= 0.6 is 0 Å². The van der Waals surface area contributed by atoms with Gasteiger partial charge in [-0.1, -0.05) is 13.8 Å². The summed E-state index contributed by atoms with van der Waals surface area (Å²) < 4.78 is 0. The Bertz CT molecular complexity index is 591. The monoisotopic (exact) mass is 319 g/mol. The number of amides is 3. The molecule has 0 saturated heterocycles. The first-order chi connectivity index (χ1) is 10.8. The quantitative estimate of drug-likeness (QED) is 0.831. The molecule has 0 aliphatic carbocycles. The van der Waals surface area contributed by atoms with Crippen molar-refractivity contribution in [2.24, 2.45) is 5.73 Å². The van der Waals surface area contributed by atoms with Crippen LogP contribution in [0.1, 0.15) is 57.8 Å². The van der Waals surface area contributed by atoms with E-state index in [1.54, 1.807) is 19.0 Å². The van der Waals surface area contributed by atoms with Crippen LogP contribution in [-0.4, -0.2) is 54.7 Å². The summed E-state index contributed by atoms with van der Waals surface area (Å²) in [5.41, 5.74) is 6.09. The first-order valence-electron chi connectivity index (χ1n) is 7.77. The molecule has 0 atom stereocenters. The van der Waals surface area contributed by atoms with E-state index in [1.165, 1.54) is 23.1 Å². The van der Waals surface area contributed by atoms with Gasteiger partial charge in [0.05, 0.1) is 0 Å². The number of nitrogens with zero attached hydrogens (tertiary/aromatic N) is 2. The maximum atomic E-state index is 12.7. The van der Waals surface area contributed by atoms with E-state index in [4.69, 9.17) is 5.73 Å². The number of primary amides is 1. The van der Waals surface area contributed by atoms with E-state index in [9.17, 15) is 14.4 Å². The van der Waals surface area contributed by atoms with Crippen molar-refractivity contribution in [3.05, 3.63) is 34.9 Å². The molecule has 0 spiro atoms. The molecule has 0 fully saturated rings. The van der Waals surface area contributed by atoms with Gasteiger partial charge in [-0.15, -0.1) is 0 Å². The predicted molar refractivity (Wildman–Crippen MR) is 89.5 cm³/mol. The molecule has 1 aromatic carbocycles. The number of hydrogen-bond acceptors (Lipinski definition) is 3. The minimum Gasteiger partial charge on any atom is -0.366 e. The molecule has 0 aromatic heterocycles. The van der Waals surface area contributed by atoms with Crippen LogP contribution in [0.3, 0.4) is 0 Å². The van der Waals surface area contributed by atoms with Crippen LogP contribution in [0.25, 0.3) is 0 Å². The Morgan fingerprint density at radius 3 is 1.70 bits per heavy atom. The van der Waals surface area contributed by atoms with E-state index in [1.807, 2.05) is 13.8 Å². The molecule has 0 aliphatic rings. The van der Waals surface area contributed by atoms with Crippen LogP contribution in [0.5, 0.6) is 0 Å². The lowest BCUT2D eigenvalue weighted by molar-refractivity contribution is 0.0755. The number of carbonyl (C=O) groups excluding carboxylic acids is 3. The van der Waals surface area contributed by atoms with Crippen LogP contribution in [0.2, 0.25) is 0 Å². The maximum absolute atomic E-state index is 12.7. The lowest BCUT2D eigenvalue weighted by Gasteiger charge is -2.22. The minimum absolute atomic E-state index is 0.161. The fourth-order valence-corrected chi connectivity index (χ4v) is 2.31. The van der Waals surface area contributed by atoms with Crippen molar-refractivity contribution in [1.82, 2.24) is 9.80 Å². The van der Waals surface area contributed by atoms with Gasteiger partial charge in [-0.05, 0) is 31.0 Å². The summed E-state index contributed by atoms with van der Waals surface area (Å²) in [6, 6.07) is 4.40. The third-order valence-electron chi connectivity index (χ3n) is 3.39. The van der Waals surface area contributed by atoms with Gasteiger partial charge >= 0.3 is 0 Å². The largest absolute Gasteiger partial charge is 0.366 e. The van der Waals surface area contributed by atoms with Gasteiger partial charge in [0.25, 0.3) is 11.8 Å². The van der Waals surface area contributed by atoms with E-state index in [2.05, 4.69) is 0 Å². The summed E-state index contributed by atoms with van der Waals surface area (Å²) in [7, 11) is 3.22. The highest BCUT2D eigenvalue weighted by atomic mass is 16.2. The number of nitrogens with two attached hydrogens (primary N) is 1. The topological polar surface area (TPSA) is 83.7 Å². The number of rotatable bonds is 7. The molecule has 23 heavy (non-hydrogen) atoms. The zero-order valence-corrected chi connectivity index (χ0v) is 14.3. The average molecular weight is 319 g/mol. The molecule has 6 heteroatoms. The molecule has 0 saturated carbocycles. The fourth-order valence-electron chi connectivity index (χ4n) is 2.31. The minimum atomic E-state index is -0.662. The standard InChI is InChI=1S/C17H25N3O3/c1-5-7-20(8-6-2)17(23)14-10-12(15(18)21)9-13(11-14)16(22)19(3)4/h9-11H,5-8H2,1-4H3,(H2,18,21). The second-order valence-corrected chi connectivity index (χ2v) is 5.66. The molecular formula is C17H25N3O3. The SMILES string of the molecule is CCCN(CCC)C(=O)c1cc(C(N)=O)cc(C(=O)N(C)C)c1. The van der Waals surface area contributed by atoms with Gasteiger partial charge in [0, 0.05) is 43.9 Å². The van der Waals surface area contributed by atoms with Crippen molar-refractivity contribution < 1.29 is 14.4 Å². The average Bonchev–Trinajstić information content (AvgIpc) is 2.52. The maximum Gasteiger partial charge on any atom is 0.253 e. The van der Waals surface area contributed by atoms with Crippen molar-refractivity contribution in [2.75, 3.05) is 27.2 Å².